The van der Waals surface area contributed by atoms with E-state index in [4.69, 9.17) is 0 Å². The van der Waals surface area contributed by atoms with Gasteiger partial charge in [0.2, 0.25) is 0 Å². The van der Waals surface area contributed by atoms with Crippen LogP contribution in [0.5, 0.6) is 0 Å². The van der Waals surface area contributed by atoms with Gasteiger partial charge in [0, 0.05) is 31.1 Å². The Bertz CT molecular complexity index is 578. The lowest BCUT2D eigenvalue weighted by atomic mass is 9.78. The number of hydrogen-bond donors (Lipinski definition) is 0. The maximum absolute atomic E-state index is 11.1. The molecule has 1 saturated carbocycles. The highest BCUT2D eigenvalue weighted by Gasteiger charge is 2.27. The second-order valence-electron chi connectivity index (χ2n) is 4.80. The van der Waals surface area contributed by atoms with Crippen molar-refractivity contribution in [2.24, 2.45) is 0 Å². The molecule has 1 aliphatic rings. The second-order valence-corrected chi connectivity index (χ2v) is 4.80. The second kappa shape index (κ2) is 4.41. The summed E-state index contributed by atoms with van der Waals surface area (Å²) in [5.41, 5.74) is 3.60. The number of benzene rings is 1. The van der Waals surface area contributed by atoms with E-state index in [-0.39, 0.29) is 0 Å². The van der Waals surface area contributed by atoms with Gasteiger partial charge in [-0.15, -0.1) is 0 Å². The van der Waals surface area contributed by atoms with Crippen molar-refractivity contribution in [2.45, 2.75) is 32.2 Å². The smallest absolute Gasteiger partial charge is 0.134 e. The molecule has 3 nitrogen and oxygen atoms in total. The highest BCUT2D eigenvalue weighted by molar-refractivity contribution is 5.86. The van der Waals surface area contributed by atoms with Gasteiger partial charge in [-0.05, 0) is 30.5 Å². The molecule has 0 atom stereocenters. The van der Waals surface area contributed by atoms with Gasteiger partial charge < -0.3 is 0 Å². The summed E-state index contributed by atoms with van der Waals surface area (Å²) in [6, 6.07) is 10.5. The summed E-state index contributed by atoms with van der Waals surface area (Å²) in [4.78, 5) is 11.1. The van der Waals surface area contributed by atoms with E-state index < -0.39 is 0 Å². The van der Waals surface area contributed by atoms with Crippen LogP contribution in [0.2, 0.25) is 0 Å². The zero-order valence-corrected chi connectivity index (χ0v) is 10.5. The first-order chi connectivity index (χ1) is 8.78. The summed E-state index contributed by atoms with van der Waals surface area (Å²) in [7, 11) is 0. The molecule has 0 unspecified atom stereocenters. The quantitative estimate of drug-likeness (QED) is 0.826. The third-order valence-electron chi connectivity index (χ3n) is 3.62. The maximum atomic E-state index is 11.1. The van der Waals surface area contributed by atoms with Crippen LogP contribution in [0.3, 0.4) is 0 Å². The molecule has 2 aromatic rings. The minimum atomic E-state index is 0.379. The molecule has 3 rings (SSSR count). The van der Waals surface area contributed by atoms with Gasteiger partial charge in [-0.1, -0.05) is 18.2 Å². The Kier molecular flexibility index (Phi) is 2.74. The van der Waals surface area contributed by atoms with Gasteiger partial charge in [0.25, 0.3) is 0 Å². The molecule has 1 fully saturated rings. The van der Waals surface area contributed by atoms with Crippen molar-refractivity contribution in [3.05, 3.63) is 42.1 Å². The van der Waals surface area contributed by atoms with Crippen molar-refractivity contribution in [1.29, 1.82) is 0 Å². The summed E-state index contributed by atoms with van der Waals surface area (Å²) >= 11 is 0. The average molecular weight is 240 g/mol. The largest absolute Gasteiger partial charge is 0.300 e. The van der Waals surface area contributed by atoms with Gasteiger partial charge in [0.05, 0.1) is 5.69 Å². The predicted molar refractivity (Wildman–Crippen MR) is 70.3 cm³/mol. The number of aromatic nitrogens is 2. The van der Waals surface area contributed by atoms with Crippen LogP contribution in [-0.2, 0) is 11.3 Å². The fraction of sp³-hybridized carbons (Fsp3) is 0.333. The Morgan fingerprint density at radius 2 is 2.17 bits per heavy atom. The van der Waals surface area contributed by atoms with Gasteiger partial charge in [0.15, 0.2) is 0 Å². The van der Waals surface area contributed by atoms with Crippen molar-refractivity contribution in [2.75, 3.05) is 0 Å². The highest BCUT2D eigenvalue weighted by atomic mass is 16.1. The molecule has 1 aliphatic carbocycles. The topological polar surface area (TPSA) is 34.9 Å². The molecule has 3 heteroatoms. The molecule has 18 heavy (non-hydrogen) atoms. The summed E-state index contributed by atoms with van der Waals surface area (Å²) < 4.78 is 1.99. The van der Waals surface area contributed by atoms with Crippen molar-refractivity contribution >= 4 is 5.78 Å². The molecule has 0 N–H and O–H groups in total. The van der Waals surface area contributed by atoms with Crippen LogP contribution in [0.15, 0.2) is 36.5 Å². The Balaban J connectivity index is 1.93. The van der Waals surface area contributed by atoms with Gasteiger partial charge in [0.1, 0.15) is 5.78 Å². The third-order valence-corrected chi connectivity index (χ3v) is 3.62. The number of rotatable bonds is 3. The molecule has 0 radical (unpaired) electrons. The lowest BCUT2D eigenvalue weighted by Crippen LogP contribution is -2.21. The minimum Gasteiger partial charge on any atom is -0.300 e. The zero-order valence-electron chi connectivity index (χ0n) is 10.5. The monoisotopic (exact) mass is 240 g/mol. The number of nitrogens with zero attached hydrogens (tertiary/aromatic N) is 2. The first kappa shape index (κ1) is 11.2. The predicted octanol–water partition coefficient (Wildman–Crippen LogP) is 3.02. The molecular formula is C15H16N2O. The fourth-order valence-corrected chi connectivity index (χ4v) is 2.51. The SMILES string of the molecule is CCn1nccc1-c1cccc(C2CC(=O)C2)c1. The van der Waals surface area contributed by atoms with Crippen molar-refractivity contribution < 1.29 is 4.79 Å². The van der Waals surface area contributed by atoms with E-state index in [0.29, 0.717) is 24.5 Å². The maximum Gasteiger partial charge on any atom is 0.134 e. The third kappa shape index (κ3) is 1.86. The van der Waals surface area contributed by atoms with Gasteiger partial charge in [-0.3, -0.25) is 9.48 Å². The highest BCUT2D eigenvalue weighted by Crippen LogP contribution is 2.35. The van der Waals surface area contributed by atoms with E-state index in [0.717, 1.165) is 12.2 Å². The number of aryl methyl sites for hydroxylation is 1. The molecule has 92 valence electrons. The molecule has 0 saturated heterocycles. The summed E-state index contributed by atoms with van der Waals surface area (Å²) in [6.07, 6.45) is 3.24. The van der Waals surface area contributed by atoms with Gasteiger partial charge in [-0.25, -0.2) is 0 Å². The Labute approximate surface area is 106 Å². The number of carbonyl (C=O) groups is 1. The molecule has 0 aliphatic heterocycles. The number of Topliss-reactive ketones (excluding diaryl/α,β-unsaturated/α-hetero) is 1. The standard InChI is InChI=1S/C15H16N2O/c1-2-17-15(6-7-16-17)12-5-3-4-11(8-12)13-9-14(18)10-13/h3-8,13H,2,9-10H2,1H3. The number of hydrogen-bond acceptors (Lipinski definition) is 2. The lowest BCUT2D eigenvalue weighted by molar-refractivity contribution is -0.124. The summed E-state index contributed by atoms with van der Waals surface area (Å²) in [6.45, 7) is 2.96. The summed E-state index contributed by atoms with van der Waals surface area (Å²) in [5.74, 6) is 0.805. The molecule has 0 amide bonds. The normalized spacial score (nSPS) is 15.7. The molecule has 0 spiro atoms. The summed E-state index contributed by atoms with van der Waals surface area (Å²) in [5, 5.41) is 4.29. The number of ketones is 1. The van der Waals surface area contributed by atoms with E-state index >= 15 is 0 Å². The first-order valence-corrected chi connectivity index (χ1v) is 6.41. The zero-order chi connectivity index (χ0) is 12.5. The van der Waals surface area contributed by atoms with Crippen LogP contribution >= 0.6 is 0 Å². The molecular weight excluding hydrogens is 224 g/mol. The van der Waals surface area contributed by atoms with Crippen LogP contribution in [-0.4, -0.2) is 15.6 Å². The van der Waals surface area contributed by atoms with Gasteiger partial charge in [-0.2, -0.15) is 5.10 Å². The van der Waals surface area contributed by atoms with Crippen LogP contribution in [0.1, 0.15) is 31.2 Å². The van der Waals surface area contributed by atoms with E-state index in [1.54, 1.807) is 0 Å². The fourth-order valence-electron chi connectivity index (χ4n) is 2.51. The van der Waals surface area contributed by atoms with Crippen LogP contribution in [0.4, 0.5) is 0 Å². The molecule has 1 aromatic carbocycles. The molecule has 1 aromatic heterocycles. The van der Waals surface area contributed by atoms with E-state index in [9.17, 15) is 4.79 Å². The Morgan fingerprint density at radius 3 is 2.89 bits per heavy atom. The Morgan fingerprint density at radius 1 is 1.33 bits per heavy atom. The van der Waals surface area contributed by atoms with Crippen molar-refractivity contribution in [3.8, 4) is 11.3 Å². The van der Waals surface area contributed by atoms with Crippen molar-refractivity contribution in [3.63, 3.8) is 0 Å². The van der Waals surface area contributed by atoms with Crippen LogP contribution < -0.4 is 0 Å². The number of carbonyl (C=O) groups excluding carboxylic acids is 1. The van der Waals surface area contributed by atoms with E-state index in [1.807, 2.05) is 16.9 Å². The van der Waals surface area contributed by atoms with Gasteiger partial charge >= 0.3 is 0 Å². The van der Waals surface area contributed by atoms with Crippen molar-refractivity contribution in [1.82, 2.24) is 9.78 Å². The van der Waals surface area contributed by atoms with Crippen LogP contribution in [0.25, 0.3) is 11.3 Å². The van der Waals surface area contributed by atoms with E-state index in [1.165, 1.54) is 11.1 Å². The minimum absolute atomic E-state index is 0.379. The lowest BCUT2D eigenvalue weighted by Gasteiger charge is -2.24. The molecule has 0 bridgehead atoms. The average Bonchev–Trinajstić information content (AvgIpc) is 2.83. The van der Waals surface area contributed by atoms with Crippen LogP contribution in [0, 0.1) is 0 Å². The first-order valence-electron chi connectivity index (χ1n) is 6.41. The Hall–Kier alpha value is -1.90. The molecule has 1 heterocycles. The van der Waals surface area contributed by atoms with E-state index in [2.05, 4.69) is 36.3 Å².